The summed E-state index contributed by atoms with van der Waals surface area (Å²) in [4.78, 5) is 2.42. The fourth-order valence-electron chi connectivity index (χ4n) is 1.99. The molecule has 0 bridgehead atoms. The van der Waals surface area contributed by atoms with E-state index >= 15 is 0 Å². The van der Waals surface area contributed by atoms with Crippen LogP contribution in [-0.2, 0) is 0 Å². The zero-order chi connectivity index (χ0) is 13.8. The minimum absolute atomic E-state index is 0.770. The number of thiophene rings is 1. The molecule has 0 aliphatic rings. The number of benzene rings is 2. The van der Waals surface area contributed by atoms with Crippen LogP contribution in [0.3, 0.4) is 0 Å². The molecule has 0 aliphatic carbocycles. The minimum atomic E-state index is 0.770. The molecule has 0 aliphatic heterocycles. The third-order valence-electron chi connectivity index (χ3n) is 3.00. The molecule has 1 heterocycles. The summed E-state index contributed by atoms with van der Waals surface area (Å²) in [6.45, 7) is 0. The Balaban J connectivity index is 1.88. The van der Waals surface area contributed by atoms with Gasteiger partial charge >= 0.3 is 0 Å². The summed E-state index contributed by atoms with van der Waals surface area (Å²) in [5, 5.41) is 0.770. The molecule has 0 amide bonds. The van der Waals surface area contributed by atoms with E-state index < -0.39 is 0 Å². The molecular weight excluding hydrogens is 284 g/mol. The second-order valence-corrected chi connectivity index (χ2v) is 5.95. The Hall–Kier alpha value is -1.83. The van der Waals surface area contributed by atoms with E-state index in [1.165, 1.54) is 10.4 Å². The van der Waals surface area contributed by atoms with Gasteiger partial charge in [0.25, 0.3) is 0 Å². The van der Waals surface area contributed by atoms with Gasteiger partial charge in [-0.05, 0) is 29.3 Å². The fraction of sp³-hybridized carbons (Fsp3) is 0. The van der Waals surface area contributed by atoms with Crippen LogP contribution in [0.15, 0.2) is 72.8 Å². The fourth-order valence-corrected chi connectivity index (χ4v) is 3.26. The molecule has 0 radical (unpaired) electrons. The molecule has 2 aromatic carbocycles. The summed E-state index contributed by atoms with van der Waals surface area (Å²) >= 11 is 8.11. The number of rotatable bonds is 3. The maximum atomic E-state index is 6.36. The van der Waals surface area contributed by atoms with Crippen LogP contribution in [0.25, 0.3) is 21.5 Å². The van der Waals surface area contributed by atoms with E-state index in [0.29, 0.717) is 0 Å². The lowest BCUT2D eigenvalue weighted by atomic mass is 10.2. The molecule has 0 fully saturated rings. The Morgan fingerprint density at radius 2 is 1.45 bits per heavy atom. The third-order valence-corrected chi connectivity index (χ3v) is 4.41. The van der Waals surface area contributed by atoms with E-state index in [4.69, 9.17) is 11.6 Å². The summed E-state index contributed by atoms with van der Waals surface area (Å²) in [6, 6.07) is 24.7. The van der Waals surface area contributed by atoms with Gasteiger partial charge in [0.05, 0.1) is 0 Å². The normalized spacial score (nSPS) is 11.6. The van der Waals surface area contributed by atoms with Crippen LogP contribution in [0, 0.1) is 0 Å². The molecule has 0 saturated heterocycles. The predicted molar refractivity (Wildman–Crippen MR) is 89.9 cm³/mol. The molecule has 0 N–H and O–H groups in total. The van der Waals surface area contributed by atoms with Crippen molar-refractivity contribution in [3.05, 3.63) is 83.2 Å². The topological polar surface area (TPSA) is 0 Å². The molecule has 0 nitrogen and oxygen atoms in total. The molecule has 0 saturated carbocycles. The molecule has 1 aromatic heterocycles. The van der Waals surface area contributed by atoms with Crippen LogP contribution in [0.2, 0.25) is 0 Å². The standard InChI is InChI=1S/C18H13ClS/c19-17(14-7-3-1-4-8-14)13-16-11-12-18(20-16)15-9-5-2-6-10-15/h1-13H/b17-13-. The van der Waals surface area contributed by atoms with Gasteiger partial charge in [0.15, 0.2) is 0 Å². The van der Waals surface area contributed by atoms with Crippen molar-refractivity contribution in [2.75, 3.05) is 0 Å². The van der Waals surface area contributed by atoms with Crippen molar-refractivity contribution in [2.45, 2.75) is 0 Å². The van der Waals surface area contributed by atoms with Crippen molar-refractivity contribution in [3.63, 3.8) is 0 Å². The van der Waals surface area contributed by atoms with Crippen molar-refractivity contribution < 1.29 is 0 Å². The van der Waals surface area contributed by atoms with Crippen LogP contribution in [0.5, 0.6) is 0 Å². The van der Waals surface area contributed by atoms with E-state index in [9.17, 15) is 0 Å². The van der Waals surface area contributed by atoms with Crippen molar-refractivity contribution in [1.29, 1.82) is 0 Å². The summed E-state index contributed by atoms with van der Waals surface area (Å²) in [6.07, 6.45) is 2.02. The van der Waals surface area contributed by atoms with Crippen molar-refractivity contribution in [2.24, 2.45) is 0 Å². The quantitative estimate of drug-likeness (QED) is 0.543. The van der Waals surface area contributed by atoms with Crippen molar-refractivity contribution in [1.82, 2.24) is 0 Å². The molecule has 3 aromatic rings. The average molecular weight is 297 g/mol. The largest absolute Gasteiger partial charge is 0.136 e. The van der Waals surface area contributed by atoms with E-state index in [0.717, 1.165) is 15.5 Å². The highest BCUT2D eigenvalue weighted by atomic mass is 35.5. The Bertz CT molecular complexity index is 711. The molecule has 3 rings (SSSR count). The first-order chi connectivity index (χ1) is 9.83. The van der Waals surface area contributed by atoms with Crippen LogP contribution in [0.1, 0.15) is 10.4 Å². The van der Waals surface area contributed by atoms with E-state index in [-0.39, 0.29) is 0 Å². The number of hydrogen-bond donors (Lipinski definition) is 0. The van der Waals surface area contributed by atoms with Gasteiger partial charge in [-0.3, -0.25) is 0 Å². The molecule has 0 atom stereocenters. The van der Waals surface area contributed by atoms with Crippen LogP contribution < -0.4 is 0 Å². The zero-order valence-corrected chi connectivity index (χ0v) is 12.4. The summed E-state index contributed by atoms with van der Waals surface area (Å²) in [5.74, 6) is 0. The van der Waals surface area contributed by atoms with Gasteiger partial charge in [-0.15, -0.1) is 11.3 Å². The van der Waals surface area contributed by atoms with Crippen LogP contribution in [0.4, 0.5) is 0 Å². The highest BCUT2D eigenvalue weighted by Gasteiger charge is 2.02. The lowest BCUT2D eigenvalue weighted by molar-refractivity contribution is 1.66. The maximum absolute atomic E-state index is 6.36. The maximum Gasteiger partial charge on any atom is 0.0492 e. The Kier molecular flexibility index (Phi) is 4.00. The monoisotopic (exact) mass is 296 g/mol. The molecular formula is C18H13ClS. The zero-order valence-electron chi connectivity index (χ0n) is 10.8. The van der Waals surface area contributed by atoms with Gasteiger partial charge in [-0.2, -0.15) is 0 Å². The minimum Gasteiger partial charge on any atom is -0.136 e. The van der Waals surface area contributed by atoms with Gasteiger partial charge in [0.2, 0.25) is 0 Å². The summed E-state index contributed by atoms with van der Waals surface area (Å²) < 4.78 is 0. The van der Waals surface area contributed by atoms with E-state index in [1.54, 1.807) is 11.3 Å². The average Bonchev–Trinajstić information content (AvgIpc) is 2.97. The first-order valence-corrected chi connectivity index (χ1v) is 7.60. The number of halogens is 1. The molecule has 20 heavy (non-hydrogen) atoms. The smallest absolute Gasteiger partial charge is 0.0492 e. The highest BCUT2D eigenvalue weighted by molar-refractivity contribution is 7.16. The van der Waals surface area contributed by atoms with Gasteiger partial charge in [0.1, 0.15) is 0 Å². The van der Waals surface area contributed by atoms with Gasteiger partial charge < -0.3 is 0 Å². The summed E-state index contributed by atoms with van der Waals surface area (Å²) in [5.41, 5.74) is 2.29. The second-order valence-electron chi connectivity index (χ2n) is 4.43. The van der Waals surface area contributed by atoms with Crippen molar-refractivity contribution >= 4 is 34.0 Å². The van der Waals surface area contributed by atoms with Gasteiger partial charge in [0, 0.05) is 14.8 Å². The first-order valence-electron chi connectivity index (χ1n) is 6.41. The molecule has 0 spiro atoms. The SMILES string of the molecule is Cl/C(=C\c1ccc(-c2ccccc2)s1)c1ccccc1. The number of hydrogen-bond acceptors (Lipinski definition) is 1. The summed E-state index contributed by atoms with van der Waals surface area (Å²) in [7, 11) is 0. The van der Waals surface area contributed by atoms with Gasteiger partial charge in [-0.1, -0.05) is 72.3 Å². The van der Waals surface area contributed by atoms with Crippen LogP contribution in [-0.4, -0.2) is 0 Å². The second kappa shape index (κ2) is 6.08. The van der Waals surface area contributed by atoms with Crippen LogP contribution >= 0.6 is 22.9 Å². The van der Waals surface area contributed by atoms with E-state index in [1.807, 2.05) is 42.5 Å². The first kappa shape index (κ1) is 13.2. The van der Waals surface area contributed by atoms with Gasteiger partial charge in [-0.25, -0.2) is 0 Å². The van der Waals surface area contributed by atoms with E-state index in [2.05, 4.69) is 36.4 Å². The lowest BCUT2D eigenvalue weighted by Gasteiger charge is -1.97. The highest BCUT2D eigenvalue weighted by Crippen LogP contribution is 2.31. The Morgan fingerprint density at radius 3 is 2.15 bits per heavy atom. The lowest BCUT2D eigenvalue weighted by Crippen LogP contribution is -1.74. The van der Waals surface area contributed by atoms with Crippen molar-refractivity contribution in [3.8, 4) is 10.4 Å². The Morgan fingerprint density at radius 1 is 0.800 bits per heavy atom. The molecule has 98 valence electrons. The third kappa shape index (κ3) is 3.01. The molecule has 0 unspecified atom stereocenters. The predicted octanol–water partition coefficient (Wildman–Crippen LogP) is 6.15. The molecule has 2 heteroatoms. The Labute approximate surface area is 128 Å².